The molecule has 1 heterocycles. The van der Waals surface area contributed by atoms with Crippen molar-refractivity contribution in [3.8, 4) is 0 Å². The zero-order chi connectivity index (χ0) is 13.8. The molecule has 0 spiro atoms. The van der Waals surface area contributed by atoms with E-state index in [4.69, 9.17) is 0 Å². The van der Waals surface area contributed by atoms with Crippen LogP contribution in [0.4, 0.5) is 4.39 Å². The summed E-state index contributed by atoms with van der Waals surface area (Å²) in [6.45, 7) is 7.16. The average molecular weight is 264 g/mol. The standard InChI is InChI=1S/C16H25FN2/c1-4-19-9-5-6-14(11-18-3)16(19)13-8-7-12(2)15(17)10-13/h7-8,10,14,16,18H,4-6,9,11H2,1-3H3. The molecule has 0 saturated carbocycles. The third-order valence-electron chi connectivity index (χ3n) is 4.27. The van der Waals surface area contributed by atoms with Crippen LogP contribution in [0.3, 0.4) is 0 Å². The largest absolute Gasteiger partial charge is 0.319 e. The van der Waals surface area contributed by atoms with Crippen LogP contribution < -0.4 is 5.32 Å². The first-order chi connectivity index (χ1) is 9.17. The lowest BCUT2D eigenvalue weighted by Crippen LogP contribution is -2.42. The summed E-state index contributed by atoms with van der Waals surface area (Å²) in [7, 11) is 2.00. The van der Waals surface area contributed by atoms with Crippen LogP contribution in [0.1, 0.15) is 36.9 Å². The molecule has 1 fully saturated rings. The van der Waals surface area contributed by atoms with Crippen molar-refractivity contribution in [3.63, 3.8) is 0 Å². The second-order valence-electron chi connectivity index (χ2n) is 5.54. The van der Waals surface area contributed by atoms with Gasteiger partial charge in [-0.05, 0) is 69.6 Å². The molecule has 0 aliphatic carbocycles. The minimum Gasteiger partial charge on any atom is -0.319 e. The minimum absolute atomic E-state index is 0.0812. The first-order valence-electron chi connectivity index (χ1n) is 7.32. The van der Waals surface area contributed by atoms with E-state index in [1.165, 1.54) is 12.8 Å². The normalized spacial score (nSPS) is 24.6. The molecule has 2 atom stereocenters. The van der Waals surface area contributed by atoms with Gasteiger partial charge in [0.2, 0.25) is 0 Å². The summed E-state index contributed by atoms with van der Waals surface area (Å²) in [5.74, 6) is 0.489. The zero-order valence-electron chi connectivity index (χ0n) is 12.2. The first-order valence-corrected chi connectivity index (χ1v) is 7.32. The molecule has 1 N–H and O–H groups in total. The van der Waals surface area contributed by atoms with Gasteiger partial charge < -0.3 is 5.32 Å². The third-order valence-corrected chi connectivity index (χ3v) is 4.27. The smallest absolute Gasteiger partial charge is 0.126 e. The van der Waals surface area contributed by atoms with Gasteiger partial charge in [-0.25, -0.2) is 4.39 Å². The van der Waals surface area contributed by atoms with Gasteiger partial charge in [-0.3, -0.25) is 4.90 Å². The van der Waals surface area contributed by atoms with Crippen molar-refractivity contribution in [2.24, 2.45) is 5.92 Å². The number of hydrogen-bond donors (Lipinski definition) is 1. The Morgan fingerprint density at radius 1 is 1.42 bits per heavy atom. The highest BCUT2D eigenvalue weighted by molar-refractivity contribution is 5.27. The van der Waals surface area contributed by atoms with Crippen molar-refractivity contribution >= 4 is 0 Å². The van der Waals surface area contributed by atoms with Gasteiger partial charge in [0.05, 0.1) is 0 Å². The summed E-state index contributed by atoms with van der Waals surface area (Å²) in [6, 6.07) is 6.08. The number of hydrogen-bond acceptors (Lipinski definition) is 2. The molecule has 0 bridgehead atoms. The summed E-state index contributed by atoms with van der Waals surface area (Å²) < 4.78 is 13.8. The van der Waals surface area contributed by atoms with Gasteiger partial charge in [-0.1, -0.05) is 19.1 Å². The fraction of sp³-hybridized carbons (Fsp3) is 0.625. The van der Waals surface area contributed by atoms with Crippen molar-refractivity contribution in [3.05, 3.63) is 35.1 Å². The zero-order valence-corrected chi connectivity index (χ0v) is 12.2. The van der Waals surface area contributed by atoms with Crippen LogP contribution in [0.2, 0.25) is 0 Å². The number of likely N-dealkylation sites (tertiary alicyclic amines) is 1. The maximum absolute atomic E-state index is 13.8. The van der Waals surface area contributed by atoms with Crippen molar-refractivity contribution in [1.29, 1.82) is 0 Å². The highest BCUT2D eigenvalue weighted by Crippen LogP contribution is 2.36. The van der Waals surface area contributed by atoms with E-state index in [9.17, 15) is 4.39 Å². The van der Waals surface area contributed by atoms with Gasteiger partial charge in [0.15, 0.2) is 0 Å². The average Bonchev–Trinajstić information content (AvgIpc) is 2.42. The molecule has 106 valence electrons. The summed E-state index contributed by atoms with van der Waals surface area (Å²) in [4.78, 5) is 2.48. The summed E-state index contributed by atoms with van der Waals surface area (Å²) >= 11 is 0. The number of benzene rings is 1. The molecule has 1 saturated heterocycles. The second kappa shape index (κ2) is 6.49. The molecular weight excluding hydrogens is 239 g/mol. The van der Waals surface area contributed by atoms with Gasteiger partial charge in [-0.2, -0.15) is 0 Å². The van der Waals surface area contributed by atoms with Gasteiger partial charge in [0.25, 0.3) is 0 Å². The fourth-order valence-electron chi connectivity index (χ4n) is 3.26. The third kappa shape index (κ3) is 3.15. The molecule has 2 nitrogen and oxygen atoms in total. The lowest BCUT2D eigenvalue weighted by atomic mass is 9.84. The Hall–Kier alpha value is -0.930. The molecule has 0 aromatic heterocycles. The fourth-order valence-corrected chi connectivity index (χ4v) is 3.26. The number of aryl methyl sites for hydroxylation is 1. The molecule has 1 aliphatic heterocycles. The topological polar surface area (TPSA) is 15.3 Å². The number of nitrogens with zero attached hydrogens (tertiary/aromatic N) is 1. The Kier molecular flexibility index (Phi) is 4.94. The molecule has 2 rings (SSSR count). The Balaban J connectivity index is 2.30. The maximum atomic E-state index is 13.8. The Morgan fingerprint density at radius 3 is 2.84 bits per heavy atom. The molecule has 1 aromatic carbocycles. The molecule has 1 aromatic rings. The predicted molar refractivity (Wildman–Crippen MR) is 77.8 cm³/mol. The molecule has 2 unspecified atom stereocenters. The molecule has 19 heavy (non-hydrogen) atoms. The van der Waals surface area contributed by atoms with Crippen LogP contribution in [-0.4, -0.2) is 31.6 Å². The maximum Gasteiger partial charge on any atom is 0.126 e. The van der Waals surface area contributed by atoms with E-state index in [1.54, 1.807) is 6.07 Å². The highest BCUT2D eigenvalue weighted by Gasteiger charge is 2.31. The Labute approximate surface area is 116 Å². The van der Waals surface area contributed by atoms with Crippen LogP contribution in [0.5, 0.6) is 0 Å². The Bertz CT molecular complexity index is 417. The van der Waals surface area contributed by atoms with E-state index in [2.05, 4.69) is 23.2 Å². The molecule has 0 amide bonds. The summed E-state index contributed by atoms with van der Waals surface area (Å²) in [5.41, 5.74) is 1.86. The van der Waals surface area contributed by atoms with Gasteiger partial charge in [-0.15, -0.1) is 0 Å². The van der Waals surface area contributed by atoms with Crippen LogP contribution in [-0.2, 0) is 0 Å². The summed E-state index contributed by atoms with van der Waals surface area (Å²) in [6.07, 6.45) is 2.46. The second-order valence-corrected chi connectivity index (χ2v) is 5.54. The lowest BCUT2D eigenvalue weighted by molar-refractivity contribution is 0.0980. The number of nitrogens with one attached hydrogen (secondary N) is 1. The summed E-state index contributed by atoms with van der Waals surface area (Å²) in [5, 5.41) is 3.29. The van der Waals surface area contributed by atoms with Crippen LogP contribution in [0.25, 0.3) is 0 Å². The van der Waals surface area contributed by atoms with Crippen molar-refractivity contribution in [2.75, 3.05) is 26.7 Å². The van der Waals surface area contributed by atoms with E-state index >= 15 is 0 Å². The van der Waals surface area contributed by atoms with Crippen molar-refractivity contribution < 1.29 is 4.39 Å². The van der Waals surface area contributed by atoms with E-state index < -0.39 is 0 Å². The Morgan fingerprint density at radius 2 is 2.21 bits per heavy atom. The molecule has 3 heteroatoms. The van der Waals surface area contributed by atoms with Crippen LogP contribution in [0.15, 0.2) is 18.2 Å². The highest BCUT2D eigenvalue weighted by atomic mass is 19.1. The van der Waals surface area contributed by atoms with Gasteiger partial charge >= 0.3 is 0 Å². The SMILES string of the molecule is CCN1CCCC(CNC)C1c1ccc(C)c(F)c1. The monoisotopic (exact) mass is 264 g/mol. The number of rotatable bonds is 4. The van der Waals surface area contributed by atoms with E-state index in [0.717, 1.165) is 30.8 Å². The quantitative estimate of drug-likeness (QED) is 0.899. The van der Waals surface area contributed by atoms with Gasteiger partial charge in [0.1, 0.15) is 5.82 Å². The van der Waals surface area contributed by atoms with Crippen molar-refractivity contribution in [1.82, 2.24) is 10.2 Å². The molecular formula is C16H25FN2. The number of piperidine rings is 1. The lowest BCUT2D eigenvalue weighted by Gasteiger charge is -2.41. The predicted octanol–water partition coefficient (Wildman–Crippen LogP) is 3.13. The van der Waals surface area contributed by atoms with E-state index in [0.29, 0.717) is 12.0 Å². The van der Waals surface area contributed by atoms with Crippen LogP contribution >= 0.6 is 0 Å². The van der Waals surface area contributed by atoms with Crippen LogP contribution in [0, 0.1) is 18.7 Å². The molecule has 0 radical (unpaired) electrons. The number of halogens is 1. The minimum atomic E-state index is -0.0812. The molecule has 1 aliphatic rings. The van der Waals surface area contributed by atoms with E-state index in [1.807, 2.05) is 20.0 Å². The first kappa shape index (κ1) is 14.5. The van der Waals surface area contributed by atoms with Gasteiger partial charge in [0, 0.05) is 6.04 Å². The van der Waals surface area contributed by atoms with E-state index in [-0.39, 0.29) is 5.82 Å². The van der Waals surface area contributed by atoms with Crippen molar-refractivity contribution in [2.45, 2.75) is 32.7 Å².